The number of nitrogens with zero attached hydrogens (tertiary/aromatic N) is 5. The molecule has 4 rings (SSSR count). The molecule has 0 unspecified atom stereocenters. The standard InChI is InChI=1S/C17H17N5O4/c1-24-6-7-25-8-9-26-10-13-19-20-17-18-14-11-4-2-3-5-12(11)16(23)15(14)21-22(13)17/h2-5H,6-10H2,1H3. The van der Waals surface area contributed by atoms with Gasteiger partial charge in [0.2, 0.25) is 5.78 Å². The quantitative estimate of drug-likeness (QED) is 0.430. The summed E-state index contributed by atoms with van der Waals surface area (Å²) in [4.78, 5) is 17.0. The molecule has 1 aliphatic carbocycles. The van der Waals surface area contributed by atoms with Gasteiger partial charge in [0.15, 0.2) is 11.5 Å². The molecule has 1 aromatic carbocycles. The number of hydrogen-bond donors (Lipinski definition) is 0. The molecule has 9 nitrogen and oxygen atoms in total. The van der Waals surface area contributed by atoms with E-state index in [0.29, 0.717) is 55.0 Å². The van der Waals surface area contributed by atoms with E-state index in [0.717, 1.165) is 5.56 Å². The molecule has 2 aromatic heterocycles. The van der Waals surface area contributed by atoms with Crippen molar-refractivity contribution in [3.63, 3.8) is 0 Å². The van der Waals surface area contributed by atoms with Crippen molar-refractivity contribution >= 4 is 11.6 Å². The van der Waals surface area contributed by atoms with Gasteiger partial charge in [-0.3, -0.25) is 4.79 Å². The van der Waals surface area contributed by atoms with Crippen molar-refractivity contribution in [2.75, 3.05) is 33.5 Å². The van der Waals surface area contributed by atoms with Gasteiger partial charge < -0.3 is 14.2 Å². The van der Waals surface area contributed by atoms with Gasteiger partial charge in [-0.2, -0.15) is 9.61 Å². The third-order valence-electron chi connectivity index (χ3n) is 4.00. The highest BCUT2D eigenvalue weighted by Crippen LogP contribution is 2.33. The van der Waals surface area contributed by atoms with Crippen molar-refractivity contribution in [1.29, 1.82) is 0 Å². The second-order valence-corrected chi connectivity index (χ2v) is 5.67. The van der Waals surface area contributed by atoms with Crippen LogP contribution in [0.1, 0.15) is 21.9 Å². The molecule has 0 atom stereocenters. The summed E-state index contributed by atoms with van der Waals surface area (Å²) < 4.78 is 17.2. The van der Waals surface area contributed by atoms with Crippen molar-refractivity contribution in [3.05, 3.63) is 41.3 Å². The maximum absolute atomic E-state index is 12.5. The van der Waals surface area contributed by atoms with Gasteiger partial charge in [0, 0.05) is 18.2 Å². The molecule has 0 bridgehead atoms. The van der Waals surface area contributed by atoms with Gasteiger partial charge in [0.05, 0.1) is 26.4 Å². The van der Waals surface area contributed by atoms with Crippen LogP contribution in [0.2, 0.25) is 0 Å². The lowest BCUT2D eigenvalue weighted by Gasteiger charge is -2.05. The van der Waals surface area contributed by atoms with Gasteiger partial charge in [-0.05, 0) is 0 Å². The normalized spacial score (nSPS) is 12.6. The number of ether oxygens (including phenoxy) is 3. The summed E-state index contributed by atoms with van der Waals surface area (Å²) >= 11 is 0. The Labute approximate surface area is 148 Å². The van der Waals surface area contributed by atoms with Crippen LogP contribution < -0.4 is 0 Å². The number of carbonyl (C=O) groups is 1. The first-order valence-electron chi connectivity index (χ1n) is 8.20. The summed E-state index contributed by atoms with van der Waals surface area (Å²) in [7, 11) is 1.62. The minimum absolute atomic E-state index is 0.142. The minimum Gasteiger partial charge on any atom is -0.382 e. The molecule has 2 heterocycles. The Bertz CT molecular complexity index is 955. The lowest BCUT2D eigenvalue weighted by atomic mass is 10.1. The minimum atomic E-state index is -0.142. The molecule has 3 aromatic rings. The second-order valence-electron chi connectivity index (χ2n) is 5.67. The number of rotatable bonds is 8. The van der Waals surface area contributed by atoms with Crippen molar-refractivity contribution in [2.45, 2.75) is 6.61 Å². The first-order valence-corrected chi connectivity index (χ1v) is 8.20. The van der Waals surface area contributed by atoms with E-state index in [1.165, 1.54) is 4.52 Å². The number of fused-ring (bicyclic) bond motifs is 4. The molecule has 26 heavy (non-hydrogen) atoms. The van der Waals surface area contributed by atoms with E-state index in [1.807, 2.05) is 18.2 Å². The lowest BCUT2D eigenvalue weighted by Crippen LogP contribution is -2.11. The third-order valence-corrected chi connectivity index (χ3v) is 4.00. The zero-order valence-corrected chi connectivity index (χ0v) is 14.2. The van der Waals surface area contributed by atoms with Gasteiger partial charge in [-0.1, -0.05) is 24.3 Å². The van der Waals surface area contributed by atoms with E-state index in [-0.39, 0.29) is 12.4 Å². The van der Waals surface area contributed by atoms with E-state index in [4.69, 9.17) is 14.2 Å². The van der Waals surface area contributed by atoms with Gasteiger partial charge in [0.1, 0.15) is 12.3 Å². The number of methoxy groups -OCH3 is 1. The average Bonchev–Trinajstić information content (AvgIpc) is 3.19. The number of ketones is 1. The van der Waals surface area contributed by atoms with Crippen molar-refractivity contribution in [1.82, 2.24) is 24.8 Å². The number of aromatic nitrogens is 5. The van der Waals surface area contributed by atoms with E-state index in [2.05, 4.69) is 20.3 Å². The topological polar surface area (TPSA) is 101 Å². The Morgan fingerprint density at radius 1 is 0.962 bits per heavy atom. The highest BCUT2D eigenvalue weighted by Gasteiger charge is 2.31. The van der Waals surface area contributed by atoms with Gasteiger partial charge in [-0.25, -0.2) is 4.98 Å². The fraction of sp³-hybridized carbons (Fsp3) is 0.353. The Morgan fingerprint density at radius 3 is 2.58 bits per heavy atom. The maximum Gasteiger partial charge on any atom is 0.272 e. The van der Waals surface area contributed by atoms with Crippen molar-refractivity contribution < 1.29 is 19.0 Å². The van der Waals surface area contributed by atoms with Crippen LogP contribution in [-0.2, 0) is 20.8 Å². The Morgan fingerprint density at radius 2 is 1.73 bits per heavy atom. The Kier molecular flexibility index (Phi) is 4.65. The summed E-state index contributed by atoms with van der Waals surface area (Å²) in [6.07, 6.45) is 0. The van der Waals surface area contributed by atoms with Crippen LogP contribution in [0.25, 0.3) is 17.0 Å². The lowest BCUT2D eigenvalue weighted by molar-refractivity contribution is 0.0181. The van der Waals surface area contributed by atoms with Crippen LogP contribution in [0.4, 0.5) is 0 Å². The molecule has 0 radical (unpaired) electrons. The first-order chi connectivity index (χ1) is 12.8. The van der Waals surface area contributed by atoms with E-state index >= 15 is 0 Å². The summed E-state index contributed by atoms with van der Waals surface area (Å²) in [5.41, 5.74) is 2.23. The molecule has 0 amide bonds. The van der Waals surface area contributed by atoms with Gasteiger partial charge in [0.25, 0.3) is 5.78 Å². The number of benzene rings is 1. The molecule has 0 saturated heterocycles. The van der Waals surface area contributed by atoms with Crippen LogP contribution in [0.3, 0.4) is 0 Å². The van der Waals surface area contributed by atoms with E-state index in [1.54, 1.807) is 13.2 Å². The summed E-state index contributed by atoms with van der Waals surface area (Å²) in [6, 6.07) is 7.32. The first kappa shape index (κ1) is 16.7. The predicted molar refractivity (Wildman–Crippen MR) is 89.8 cm³/mol. The van der Waals surface area contributed by atoms with Crippen LogP contribution in [0, 0.1) is 0 Å². The molecule has 9 heteroatoms. The zero-order chi connectivity index (χ0) is 17.9. The van der Waals surface area contributed by atoms with Crippen molar-refractivity contribution in [3.8, 4) is 11.3 Å². The average molecular weight is 355 g/mol. The SMILES string of the molecule is COCCOCCOCc1nnc2nc3c(nn12)C(=O)c1ccccc1-3. The second kappa shape index (κ2) is 7.24. The molecule has 0 spiro atoms. The Balaban J connectivity index is 1.49. The van der Waals surface area contributed by atoms with Crippen LogP contribution in [0.15, 0.2) is 24.3 Å². The molecule has 0 saturated carbocycles. The smallest absolute Gasteiger partial charge is 0.272 e. The molecule has 0 aliphatic heterocycles. The predicted octanol–water partition coefficient (Wildman–Crippen LogP) is 0.910. The van der Waals surface area contributed by atoms with Crippen LogP contribution >= 0.6 is 0 Å². The van der Waals surface area contributed by atoms with Crippen molar-refractivity contribution in [2.24, 2.45) is 0 Å². The fourth-order valence-electron chi connectivity index (χ4n) is 2.75. The van der Waals surface area contributed by atoms with E-state index in [9.17, 15) is 4.79 Å². The molecule has 134 valence electrons. The molecule has 1 aliphatic rings. The largest absolute Gasteiger partial charge is 0.382 e. The van der Waals surface area contributed by atoms with Gasteiger partial charge >= 0.3 is 0 Å². The number of hydrogen-bond acceptors (Lipinski definition) is 8. The molecule has 0 fully saturated rings. The molecule has 0 N–H and O–H groups in total. The maximum atomic E-state index is 12.5. The molecular formula is C17H17N5O4. The van der Waals surface area contributed by atoms with Crippen LogP contribution in [0.5, 0.6) is 0 Å². The molecular weight excluding hydrogens is 338 g/mol. The zero-order valence-electron chi connectivity index (χ0n) is 14.2. The monoisotopic (exact) mass is 355 g/mol. The summed E-state index contributed by atoms with van der Waals surface area (Å²) in [5, 5.41) is 12.5. The van der Waals surface area contributed by atoms with E-state index < -0.39 is 0 Å². The number of carbonyl (C=O) groups excluding carboxylic acids is 1. The summed E-state index contributed by atoms with van der Waals surface area (Å²) in [6.45, 7) is 2.12. The fourth-order valence-corrected chi connectivity index (χ4v) is 2.75. The van der Waals surface area contributed by atoms with Crippen LogP contribution in [-0.4, -0.2) is 64.1 Å². The summed E-state index contributed by atoms with van der Waals surface area (Å²) in [5.74, 6) is 0.677. The highest BCUT2D eigenvalue weighted by atomic mass is 16.5. The Hall–Kier alpha value is -2.75. The van der Waals surface area contributed by atoms with Gasteiger partial charge in [-0.15, -0.1) is 10.2 Å². The highest BCUT2D eigenvalue weighted by molar-refractivity contribution is 6.19. The third kappa shape index (κ3) is 2.96.